The van der Waals surface area contributed by atoms with E-state index < -0.39 is 77.1 Å². The number of carboxylic acids is 2. The summed E-state index contributed by atoms with van der Waals surface area (Å²) < 4.78 is 88.6. The van der Waals surface area contributed by atoms with Crippen LogP contribution in [-0.2, 0) is 14.2 Å². The number of hydrogen-bond acceptors (Lipinski definition) is 21. The molecule has 0 aliphatic carbocycles. The standard InChI is InChI=1S/C23H27FN4O6.C18H19FN4O4.C16H24FNO4.C9H8ClN3O2.3CH4.ClH/c1-14(33-20-9-8-19-25-13-17(21(29)30)28(19)26-20)16-12-15(24)6-7-18(16)32-11-10-27(5)22(31)34-23(2,3)4;1-11(13-9-12(19)3-4-15(13)26-8-7-20-2)27-17-6-5-16-21-10-14(18(24)25)23(16)22-17;1-11(19)13-10-12(17)6-7-14(13)21-9-8-18(5)15(20)22-16(2,3)4;1-2-15-9(14)6-5-11-8-4-3-7(10)12-13(6)8;;;;/h6-9,12-14H,10-11H2,1-5H3,(H,29,30);3-6,9-11,20H,7-8H2,1-2H3,(H,24,25);6-7,10-11,19H,8-9H2,1-5H3;3-5H,2H2,1H3;3*1H4;1H/t;;11-;;;;;/m..1...../s1. The number of carboxylic acid groups (broad SMARTS) is 2. The van der Waals surface area contributed by atoms with E-state index in [1.165, 1.54) is 92.9 Å². The lowest BCUT2D eigenvalue weighted by atomic mass is 10.1. The quantitative estimate of drug-likeness (QED) is 0.0262. The second kappa shape index (κ2) is 40.3. The molecule has 0 aliphatic rings. The molecule has 6 aromatic heterocycles. The molecule has 0 radical (unpaired) electrons. The normalized spacial score (nSPS) is 11.6. The maximum absolute atomic E-state index is 14.0. The highest BCUT2D eigenvalue weighted by Crippen LogP contribution is 2.32. The highest BCUT2D eigenvalue weighted by molar-refractivity contribution is 6.29. The van der Waals surface area contributed by atoms with Gasteiger partial charge < -0.3 is 68.3 Å². The highest BCUT2D eigenvalue weighted by atomic mass is 35.5. The average molecular weight is 1470 g/mol. The first-order chi connectivity index (χ1) is 46.2. The van der Waals surface area contributed by atoms with Crippen molar-refractivity contribution in [2.45, 2.75) is 121 Å². The van der Waals surface area contributed by atoms with Crippen LogP contribution >= 0.6 is 24.0 Å². The number of esters is 1. The number of carbonyl (C=O) groups is 5. The number of imidazole rings is 3. The second-order valence-electron chi connectivity index (χ2n) is 23.3. The SMILES string of the molecule is C.C.C.CC(Oc1ccc2ncc(C(=O)O)n2n1)c1cc(F)ccc1OCCN(C)C(=O)OC(C)(C)C.CCOC(=O)c1cnc2ccc(Cl)nn12.CNCCOc1ccc(F)cc1C(C)Oc1ccc2ncc(C(=O)O)n2n1.C[C@@H](O)c1cc(F)ccc1OCCN(C)C(=O)OC(C)(C)C.Cl. The van der Waals surface area contributed by atoms with E-state index in [-0.39, 0.29) is 83.3 Å². The molecule has 0 spiro atoms. The Hall–Kier alpha value is -10.2. The Bertz CT molecular complexity index is 4210. The van der Waals surface area contributed by atoms with Gasteiger partial charge in [0, 0.05) is 49.5 Å². The maximum Gasteiger partial charge on any atom is 0.410 e. The first kappa shape index (κ1) is 87.8. The number of rotatable bonds is 23. The number of carbonyl (C=O) groups excluding carboxylic acids is 3. The third kappa shape index (κ3) is 26.1. The number of nitrogens with zero attached hydrogens (tertiary/aromatic N) is 11. The van der Waals surface area contributed by atoms with Crippen LogP contribution in [-0.4, -0.2) is 177 Å². The lowest BCUT2D eigenvalue weighted by Crippen LogP contribution is -2.36. The summed E-state index contributed by atoms with van der Waals surface area (Å²) in [6.07, 6.45) is 0.816. The number of aliphatic hydroxyl groups excluding tert-OH is 1. The van der Waals surface area contributed by atoms with Crippen molar-refractivity contribution in [3.05, 3.63) is 166 Å². The molecule has 9 rings (SSSR count). The Morgan fingerprint density at radius 3 is 1.29 bits per heavy atom. The molecular weight excluding hydrogens is 1380 g/mol. The molecule has 3 atom stereocenters. The molecule has 0 saturated heterocycles. The molecule has 0 saturated carbocycles. The Balaban J connectivity index is 0.000000472. The third-order valence-electron chi connectivity index (χ3n) is 13.2. The summed E-state index contributed by atoms with van der Waals surface area (Å²) in [6.45, 7) is 19.7. The molecule has 0 bridgehead atoms. The van der Waals surface area contributed by atoms with E-state index in [9.17, 15) is 52.5 Å². The Labute approximate surface area is 600 Å². The van der Waals surface area contributed by atoms with Crippen molar-refractivity contribution >= 4 is 71.0 Å². The van der Waals surface area contributed by atoms with Gasteiger partial charge in [0.2, 0.25) is 11.8 Å². The van der Waals surface area contributed by atoms with Crippen LogP contribution in [0.3, 0.4) is 0 Å². The largest absolute Gasteiger partial charge is 0.492 e. The number of hydrogen-bond donors (Lipinski definition) is 4. The van der Waals surface area contributed by atoms with E-state index in [0.29, 0.717) is 82.3 Å². The molecule has 3 aromatic carbocycles. The van der Waals surface area contributed by atoms with Crippen LogP contribution < -0.4 is 29.0 Å². The molecule has 2 amide bonds. The van der Waals surface area contributed by atoms with Crippen molar-refractivity contribution in [1.82, 2.24) is 58.9 Å². The van der Waals surface area contributed by atoms with Crippen LogP contribution in [0.15, 0.2) is 110 Å². The number of ether oxygens (including phenoxy) is 8. The van der Waals surface area contributed by atoms with Gasteiger partial charge >= 0.3 is 30.1 Å². The summed E-state index contributed by atoms with van der Waals surface area (Å²) in [5.74, 6) is -2.52. The monoisotopic (exact) mass is 1470 g/mol. The van der Waals surface area contributed by atoms with Gasteiger partial charge in [-0.15, -0.1) is 22.6 Å². The zero-order valence-corrected chi connectivity index (χ0v) is 58.1. The van der Waals surface area contributed by atoms with Crippen molar-refractivity contribution in [2.75, 3.05) is 67.2 Å². The number of likely N-dealkylation sites (N-methyl/N-ethyl adjacent to an activating group) is 3. The van der Waals surface area contributed by atoms with Crippen molar-refractivity contribution in [1.29, 1.82) is 0 Å². The van der Waals surface area contributed by atoms with Crippen molar-refractivity contribution in [2.24, 2.45) is 0 Å². The molecule has 0 fully saturated rings. The first-order valence-electron chi connectivity index (χ1n) is 30.4. The highest BCUT2D eigenvalue weighted by Gasteiger charge is 2.24. The number of benzene rings is 3. The summed E-state index contributed by atoms with van der Waals surface area (Å²) in [5.41, 5.74) is 1.53. The van der Waals surface area contributed by atoms with Crippen molar-refractivity contribution in [3.8, 4) is 29.0 Å². The number of halogens is 5. The Kier molecular flexibility index (Phi) is 34.7. The van der Waals surface area contributed by atoms with Gasteiger partial charge in [-0.05, 0) is 155 Å². The molecule has 6 heterocycles. The first-order valence-corrected chi connectivity index (χ1v) is 30.8. The molecule has 33 heteroatoms. The Morgan fingerprint density at radius 1 is 0.559 bits per heavy atom. The van der Waals surface area contributed by atoms with Crippen molar-refractivity contribution in [3.63, 3.8) is 0 Å². The van der Waals surface area contributed by atoms with Gasteiger partial charge in [-0.3, -0.25) is 0 Å². The summed E-state index contributed by atoms with van der Waals surface area (Å²) in [6, 6.07) is 21.8. The van der Waals surface area contributed by atoms with E-state index in [4.69, 9.17) is 49.5 Å². The zero-order valence-electron chi connectivity index (χ0n) is 56.6. The average Bonchev–Trinajstić information content (AvgIpc) is 1.62. The van der Waals surface area contributed by atoms with Crippen LogP contribution in [0.2, 0.25) is 5.15 Å². The molecule has 2 unspecified atom stereocenters. The van der Waals surface area contributed by atoms with Gasteiger partial charge in [0.1, 0.15) is 83.1 Å². The molecule has 9 aromatic rings. The molecule has 102 heavy (non-hydrogen) atoms. The van der Waals surface area contributed by atoms with E-state index in [1.54, 1.807) is 119 Å². The van der Waals surface area contributed by atoms with E-state index in [0.717, 1.165) is 4.52 Å². The van der Waals surface area contributed by atoms with Crippen LogP contribution in [0.25, 0.3) is 16.9 Å². The molecular formula is C69H91Cl2F3N12O16. The predicted octanol–water partition coefficient (Wildman–Crippen LogP) is 13.3. The summed E-state index contributed by atoms with van der Waals surface area (Å²) in [7, 11) is 5.01. The number of fused-ring (bicyclic) bond motifs is 3. The van der Waals surface area contributed by atoms with E-state index >= 15 is 0 Å². The molecule has 0 aliphatic heterocycles. The van der Waals surface area contributed by atoms with Gasteiger partial charge in [0.05, 0.1) is 44.4 Å². The molecule has 28 nitrogen and oxygen atoms in total. The smallest absolute Gasteiger partial charge is 0.410 e. The van der Waals surface area contributed by atoms with Crippen molar-refractivity contribution < 1.29 is 90.4 Å². The van der Waals surface area contributed by atoms with Gasteiger partial charge in [0.15, 0.2) is 34.0 Å². The third-order valence-corrected chi connectivity index (χ3v) is 13.4. The van der Waals surface area contributed by atoms with Crippen LogP contribution in [0, 0.1) is 17.5 Å². The number of aromatic nitrogens is 9. The topological polar surface area (TPSA) is 329 Å². The predicted molar refractivity (Wildman–Crippen MR) is 377 cm³/mol. The maximum atomic E-state index is 14.0. The number of aromatic carboxylic acids is 2. The number of nitrogens with one attached hydrogen (secondary N) is 1. The fourth-order valence-electron chi connectivity index (χ4n) is 8.44. The minimum Gasteiger partial charge on any atom is -0.492 e. The molecule has 4 N–H and O–H groups in total. The van der Waals surface area contributed by atoms with Crippen LogP contribution in [0.1, 0.15) is 158 Å². The lowest BCUT2D eigenvalue weighted by molar-refractivity contribution is 0.0268. The van der Waals surface area contributed by atoms with E-state index in [1.807, 2.05) is 7.05 Å². The fraction of sp³-hybridized carbons (Fsp3) is 0.406. The number of amides is 2. The van der Waals surface area contributed by atoms with Gasteiger partial charge in [-0.1, -0.05) is 33.9 Å². The van der Waals surface area contributed by atoms with Gasteiger partial charge in [-0.2, -0.15) is 5.10 Å². The van der Waals surface area contributed by atoms with Crippen LogP contribution in [0.5, 0.6) is 29.0 Å². The fourth-order valence-corrected chi connectivity index (χ4v) is 8.58. The molecule has 558 valence electrons. The Morgan fingerprint density at radius 2 is 0.922 bits per heavy atom. The minimum atomic E-state index is -1.18. The second-order valence-corrected chi connectivity index (χ2v) is 23.7. The lowest BCUT2D eigenvalue weighted by Gasteiger charge is -2.25. The van der Waals surface area contributed by atoms with Gasteiger partial charge in [-0.25, -0.2) is 65.6 Å². The van der Waals surface area contributed by atoms with Crippen LogP contribution in [0.4, 0.5) is 22.8 Å². The minimum absolute atomic E-state index is 0. The summed E-state index contributed by atoms with van der Waals surface area (Å²) in [5, 5.41) is 43.6. The van der Waals surface area contributed by atoms with E-state index in [2.05, 4.69) is 35.6 Å². The van der Waals surface area contributed by atoms with Gasteiger partial charge in [0.25, 0.3) is 0 Å². The zero-order chi connectivity index (χ0) is 72.2. The summed E-state index contributed by atoms with van der Waals surface area (Å²) >= 11 is 5.72. The summed E-state index contributed by atoms with van der Waals surface area (Å²) in [4.78, 5) is 72.7. The number of aliphatic hydroxyl groups is 1.